The van der Waals surface area contributed by atoms with Gasteiger partial charge in [-0.15, -0.1) is 0 Å². The van der Waals surface area contributed by atoms with E-state index in [2.05, 4.69) is 17.3 Å². The number of rotatable bonds is 3. The molecule has 88 valence electrons. The lowest BCUT2D eigenvalue weighted by Crippen LogP contribution is -2.31. The Balaban J connectivity index is 1.94. The molecular formula is C12H18FN3. The number of likely N-dealkylation sites (N-methyl/N-ethyl adjacent to an activating group) is 1. The molecule has 2 rings (SSSR count). The molecule has 0 aromatic heterocycles. The van der Waals surface area contributed by atoms with Crippen LogP contribution in [-0.4, -0.2) is 31.1 Å². The first-order chi connectivity index (χ1) is 7.66. The zero-order valence-electron chi connectivity index (χ0n) is 9.54. The van der Waals surface area contributed by atoms with Crippen LogP contribution in [0.1, 0.15) is 12.8 Å². The van der Waals surface area contributed by atoms with Gasteiger partial charge in [0.1, 0.15) is 5.82 Å². The van der Waals surface area contributed by atoms with Crippen molar-refractivity contribution < 1.29 is 4.39 Å². The second-order valence-corrected chi connectivity index (χ2v) is 4.40. The fourth-order valence-corrected chi connectivity index (χ4v) is 2.14. The van der Waals surface area contributed by atoms with Gasteiger partial charge in [-0.1, -0.05) is 0 Å². The predicted octanol–water partition coefficient (Wildman–Crippen LogP) is 1.91. The highest BCUT2D eigenvalue weighted by Crippen LogP contribution is 2.19. The monoisotopic (exact) mass is 223 g/mol. The molecule has 1 heterocycles. The molecular weight excluding hydrogens is 205 g/mol. The Labute approximate surface area is 95.4 Å². The van der Waals surface area contributed by atoms with Gasteiger partial charge in [0.25, 0.3) is 0 Å². The van der Waals surface area contributed by atoms with Crippen molar-refractivity contribution >= 4 is 11.4 Å². The lowest BCUT2D eigenvalue weighted by Gasteiger charge is -2.20. The number of hydrogen-bond acceptors (Lipinski definition) is 3. The molecule has 16 heavy (non-hydrogen) atoms. The van der Waals surface area contributed by atoms with Crippen LogP contribution in [0.4, 0.5) is 15.8 Å². The second kappa shape index (κ2) is 4.70. The van der Waals surface area contributed by atoms with E-state index < -0.39 is 0 Å². The highest BCUT2D eigenvalue weighted by molar-refractivity contribution is 5.52. The summed E-state index contributed by atoms with van der Waals surface area (Å²) < 4.78 is 13.5. The second-order valence-electron chi connectivity index (χ2n) is 4.40. The zero-order valence-corrected chi connectivity index (χ0v) is 9.54. The standard InChI is InChI=1S/C12H18FN3/c1-16-6-2-3-10(16)8-15-12-5-4-9(14)7-11(12)13/h4-5,7,10,15H,2-3,6,8,14H2,1H3. The van der Waals surface area contributed by atoms with Gasteiger partial charge in [0, 0.05) is 18.3 Å². The van der Waals surface area contributed by atoms with Crippen molar-refractivity contribution in [1.82, 2.24) is 4.90 Å². The van der Waals surface area contributed by atoms with Crippen LogP contribution in [0.3, 0.4) is 0 Å². The molecule has 1 unspecified atom stereocenters. The Morgan fingerprint density at radius 3 is 3.00 bits per heavy atom. The highest BCUT2D eigenvalue weighted by Gasteiger charge is 2.20. The number of anilines is 2. The number of nitrogens with one attached hydrogen (secondary N) is 1. The number of nitrogens with zero attached hydrogens (tertiary/aromatic N) is 1. The van der Waals surface area contributed by atoms with Gasteiger partial charge in [-0.05, 0) is 44.6 Å². The summed E-state index contributed by atoms with van der Waals surface area (Å²) in [5.74, 6) is -0.277. The fraction of sp³-hybridized carbons (Fsp3) is 0.500. The molecule has 1 aromatic carbocycles. The van der Waals surface area contributed by atoms with Crippen LogP contribution in [-0.2, 0) is 0 Å². The SMILES string of the molecule is CN1CCCC1CNc1ccc(N)cc1F. The van der Waals surface area contributed by atoms with Crippen molar-refractivity contribution in [3.63, 3.8) is 0 Å². The molecule has 0 radical (unpaired) electrons. The van der Waals surface area contributed by atoms with Gasteiger partial charge in [-0.3, -0.25) is 0 Å². The summed E-state index contributed by atoms with van der Waals surface area (Å²) in [4.78, 5) is 2.31. The minimum atomic E-state index is -0.277. The predicted molar refractivity (Wildman–Crippen MR) is 65.0 cm³/mol. The average molecular weight is 223 g/mol. The minimum Gasteiger partial charge on any atom is -0.399 e. The number of nitrogens with two attached hydrogens (primary N) is 1. The molecule has 0 amide bonds. The number of nitrogen functional groups attached to an aromatic ring is 1. The Morgan fingerprint density at radius 2 is 2.38 bits per heavy atom. The van der Waals surface area contributed by atoms with Gasteiger partial charge < -0.3 is 16.0 Å². The van der Waals surface area contributed by atoms with Crippen LogP contribution in [0.25, 0.3) is 0 Å². The third kappa shape index (κ3) is 2.44. The Hall–Kier alpha value is -1.29. The van der Waals surface area contributed by atoms with Gasteiger partial charge in [0.15, 0.2) is 0 Å². The minimum absolute atomic E-state index is 0.277. The molecule has 3 nitrogen and oxygen atoms in total. The quantitative estimate of drug-likeness (QED) is 0.769. The summed E-state index contributed by atoms with van der Waals surface area (Å²) in [7, 11) is 2.11. The fourth-order valence-electron chi connectivity index (χ4n) is 2.14. The number of benzene rings is 1. The number of hydrogen-bond donors (Lipinski definition) is 2. The summed E-state index contributed by atoms with van der Waals surface area (Å²) in [6.07, 6.45) is 2.41. The molecule has 1 aliphatic rings. The highest BCUT2D eigenvalue weighted by atomic mass is 19.1. The first-order valence-corrected chi connectivity index (χ1v) is 5.66. The van der Waals surface area contributed by atoms with Crippen LogP contribution in [0.5, 0.6) is 0 Å². The smallest absolute Gasteiger partial charge is 0.148 e. The van der Waals surface area contributed by atoms with E-state index in [1.807, 2.05) is 0 Å². The van der Waals surface area contributed by atoms with E-state index in [1.54, 1.807) is 12.1 Å². The van der Waals surface area contributed by atoms with Crippen molar-refractivity contribution in [2.24, 2.45) is 0 Å². The van der Waals surface area contributed by atoms with Crippen molar-refractivity contribution in [2.45, 2.75) is 18.9 Å². The van der Waals surface area contributed by atoms with E-state index in [-0.39, 0.29) is 5.82 Å². The zero-order chi connectivity index (χ0) is 11.5. The molecule has 1 saturated heterocycles. The van der Waals surface area contributed by atoms with Crippen LogP contribution in [0.15, 0.2) is 18.2 Å². The van der Waals surface area contributed by atoms with Crippen molar-refractivity contribution in [3.8, 4) is 0 Å². The number of halogens is 1. The van der Waals surface area contributed by atoms with Crippen molar-refractivity contribution in [1.29, 1.82) is 0 Å². The average Bonchev–Trinajstić information content (AvgIpc) is 2.63. The van der Waals surface area contributed by atoms with Gasteiger partial charge in [-0.25, -0.2) is 4.39 Å². The molecule has 0 aliphatic carbocycles. The molecule has 1 atom stereocenters. The van der Waals surface area contributed by atoms with Crippen molar-refractivity contribution in [2.75, 3.05) is 31.2 Å². The topological polar surface area (TPSA) is 41.3 Å². The summed E-state index contributed by atoms with van der Waals surface area (Å²) in [5.41, 5.74) is 6.49. The van der Waals surface area contributed by atoms with E-state index in [4.69, 9.17) is 5.73 Å². The maximum Gasteiger partial charge on any atom is 0.148 e. The lowest BCUT2D eigenvalue weighted by molar-refractivity contribution is 0.322. The Kier molecular flexibility index (Phi) is 3.29. The molecule has 0 spiro atoms. The van der Waals surface area contributed by atoms with Crippen molar-refractivity contribution in [3.05, 3.63) is 24.0 Å². The molecule has 4 heteroatoms. The third-order valence-corrected chi connectivity index (χ3v) is 3.19. The van der Waals surface area contributed by atoms with Gasteiger partial charge >= 0.3 is 0 Å². The molecule has 1 aromatic rings. The van der Waals surface area contributed by atoms with Crippen LogP contribution < -0.4 is 11.1 Å². The van der Waals surface area contributed by atoms with E-state index in [0.29, 0.717) is 17.4 Å². The molecule has 1 aliphatic heterocycles. The summed E-state index contributed by atoms with van der Waals surface area (Å²) in [5, 5.41) is 3.14. The summed E-state index contributed by atoms with van der Waals surface area (Å²) in [6.45, 7) is 1.92. The Morgan fingerprint density at radius 1 is 1.56 bits per heavy atom. The normalized spacial score (nSPS) is 21.2. The van der Waals surface area contributed by atoms with E-state index in [9.17, 15) is 4.39 Å². The lowest BCUT2D eigenvalue weighted by atomic mass is 10.2. The molecule has 0 bridgehead atoms. The Bertz CT molecular complexity index is 367. The first-order valence-electron chi connectivity index (χ1n) is 5.66. The maximum atomic E-state index is 13.5. The largest absolute Gasteiger partial charge is 0.399 e. The van der Waals surface area contributed by atoms with E-state index in [0.717, 1.165) is 13.1 Å². The van der Waals surface area contributed by atoms with Crippen LogP contribution in [0.2, 0.25) is 0 Å². The third-order valence-electron chi connectivity index (χ3n) is 3.19. The van der Waals surface area contributed by atoms with Gasteiger partial charge in [-0.2, -0.15) is 0 Å². The maximum absolute atomic E-state index is 13.5. The molecule has 0 saturated carbocycles. The molecule has 1 fully saturated rings. The summed E-state index contributed by atoms with van der Waals surface area (Å²) in [6, 6.07) is 5.27. The number of likely N-dealkylation sites (tertiary alicyclic amines) is 1. The van der Waals surface area contributed by atoms with E-state index >= 15 is 0 Å². The molecule has 3 N–H and O–H groups in total. The van der Waals surface area contributed by atoms with Crippen LogP contribution in [0, 0.1) is 5.82 Å². The van der Waals surface area contributed by atoms with Gasteiger partial charge in [0.2, 0.25) is 0 Å². The van der Waals surface area contributed by atoms with E-state index in [1.165, 1.54) is 18.9 Å². The first kappa shape index (κ1) is 11.2. The summed E-state index contributed by atoms with van der Waals surface area (Å²) >= 11 is 0. The van der Waals surface area contributed by atoms with Gasteiger partial charge in [0.05, 0.1) is 5.69 Å². The van der Waals surface area contributed by atoms with Crippen LogP contribution >= 0.6 is 0 Å².